The zero-order chi connectivity index (χ0) is 19.9. The molecule has 0 fully saturated rings. The molecule has 142 valence electrons. The molecule has 0 bridgehead atoms. The maximum absolute atomic E-state index is 12.0. The number of primary amides is 1. The number of hydrogen-bond donors (Lipinski definition) is 2. The molecule has 3 aromatic carbocycles. The number of benzene rings is 3. The van der Waals surface area contributed by atoms with Crippen molar-refractivity contribution in [3.05, 3.63) is 87.4 Å². The van der Waals surface area contributed by atoms with Crippen LogP contribution in [0.3, 0.4) is 0 Å². The number of carbonyl (C=O) groups is 1. The molecule has 3 aromatic rings. The quantitative estimate of drug-likeness (QED) is 0.659. The van der Waals surface area contributed by atoms with Crippen LogP contribution < -0.4 is 16.2 Å². The van der Waals surface area contributed by atoms with Crippen molar-refractivity contribution in [2.45, 2.75) is 12.0 Å². The first kappa shape index (κ1) is 18.8. The summed E-state index contributed by atoms with van der Waals surface area (Å²) in [6.45, 7) is 0.286. The van der Waals surface area contributed by atoms with Crippen molar-refractivity contribution < 1.29 is 9.53 Å². The van der Waals surface area contributed by atoms with Crippen LogP contribution in [-0.4, -0.2) is 12.5 Å². The van der Waals surface area contributed by atoms with Crippen LogP contribution in [0.1, 0.15) is 21.5 Å². The summed E-state index contributed by atoms with van der Waals surface area (Å²) in [6.07, 6.45) is 0.502. The van der Waals surface area contributed by atoms with Crippen LogP contribution in [0, 0.1) is 0 Å². The van der Waals surface area contributed by atoms with E-state index >= 15 is 0 Å². The van der Waals surface area contributed by atoms with E-state index in [1.165, 1.54) is 0 Å². The van der Waals surface area contributed by atoms with Gasteiger partial charge in [0.25, 0.3) is 0 Å². The Balaban J connectivity index is 1.94. The second kappa shape index (κ2) is 7.13. The second-order valence-electron chi connectivity index (χ2n) is 6.77. The van der Waals surface area contributed by atoms with E-state index in [1.54, 1.807) is 24.3 Å². The third-order valence-electron chi connectivity index (χ3n) is 5.15. The van der Waals surface area contributed by atoms with Gasteiger partial charge in [-0.25, -0.2) is 0 Å². The van der Waals surface area contributed by atoms with Gasteiger partial charge in [-0.15, -0.1) is 0 Å². The van der Waals surface area contributed by atoms with Gasteiger partial charge in [0.2, 0.25) is 5.91 Å². The van der Waals surface area contributed by atoms with Crippen LogP contribution >= 0.6 is 23.2 Å². The number of carbonyl (C=O) groups excluding carboxylic acids is 1. The molecule has 0 aliphatic carbocycles. The van der Waals surface area contributed by atoms with Crippen LogP contribution in [0.25, 0.3) is 11.1 Å². The van der Waals surface area contributed by atoms with Gasteiger partial charge in [0.1, 0.15) is 5.75 Å². The Hall–Kier alpha value is -2.53. The van der Waals surface area contributed by atoms with Crippen LogP contribution in [0.4, 0.5) is 0 Å². The molecule has 0 saturated heterocycles. The van der Waals surface area contributed by atoms with E-state index in [0.717, 1.165) is 11.1 Å². The largest absolute Gasteiger partial charge is 0.481 e. The lowest BCUT2D eigenvalue weighted by molar-refractivity contribution is 0.100. The van der Waals surface area contributed by atoms with Gasteiger partial charge in [0.05, 0.1) is 0 Å². The fourth-order valence-electron chi connectivity index (χ4n) is 3.79. The molecule has 4 N–H and O–H groups in total. The Kier molecular flexibility index (Phi) is 4.79. The highest BCUT2D eigenvalue weighted by molar-refractivity contribution is 6.37. The van der Waals surface area contributed by atoms with E-state index in [-0.39, 0.29) is 6.54 Å². The monoisotopic (exact) mass is 412 g/mol. The highest BCUT2D eigenvalue weighted by atomic mass is 35.5. The molecule has 1 aliphatic heterocycles. The van der Waals surface area contributed by atoms with E-state index in [2.05, 4.69) is 0 Å². The maximum atomic E-state index is 12.0. The summed E-state index contributed by atoms with van der Waals surface area (Å²) in [6, 6.07) is 18.4. The third kappa shape index (κ3) is 2.94. The van der Waals surface area contributed by atoms with Crippen molar-refractivity contribution in [2.24, 2.45) is 11.5 Å². The fraction of sp³-hybridized carbons (Fsp3) is 0.136. The third-order valence-corrected chi connectivity index (χ3v) is 5.78. The molecule has 6 heteroatoms. The van der Waals surface area contributed by atoms with Gasteiger partial charge in [-0.1, -0.05) is 59.6 Å². The average Bonchev–Trinajstić information content (AvgIpc) is 3.09. The summed E-state index contributed by atoms with van der Waals surface area (Å²) in [5.41, 5.74) is 14.4. The first-order valence-electron chi connectivity index (χ1n) is 8.81. The second-order valence-corrected chi connectivity index (χ2v) is 7.58. The highest BCUT2D eigenvalue weighted by Crippen LogP contribution is 2.49. The van der Waals surface area contributed by atoms with Gasteiger partial charge >= 0.3 is 0 Å². The number of fused-ring (bicyclic) bond motifs is 1. The molecule has 0 aromatic heterocycles. The van der Waals surface area contributed by atoms with E-state index < -0.39 is 11.5 Å². The van der Waals surface area contributed by atoms with E-state index in [0.29, 0.717) is 38.9 Å². The molecule has 4 nitrogen and oxygen atoms in total. The van der Waals surface area contributed by atoms with Gasteiger partial charge in [0.15, 0.2) is 5.60 Å². The van der Waals surface area contributed by atoms with Gasteiger partial charge in [-0.05, 0) is 29.8 Å². The van der Waals surface area contributed by atoms with E-state index in [4.69, 9.17) is 39.4 Å². The normalized spacial score (nSPS) is 17.8. The summed E-state index contributed by atoms with van der Waals surface area (Å²) in [5, 5.41) is 0.871. The number of hydrogen-bond acceptors (Lipinski definition) is 3. The van der Waals surface area contributed by atoms with Gasteiger partial charge in [-0.2, -0.15) is 0 Å². The van der Waals surface area contributed by atoms with Gasteiger partial charge < -0.3 is 16.2 Å². The van der Waals surface area contributed by atoms with Crippen molar-refractivity contribution in [2.75, 3.05) is 6.54 Å². The molecule has 1 heterocycles. The molecular formula is C22H18Cl2N2O2. The summed E-state index contributed by atoms with van der Waals surface area (Å²) in [5.74, 6) is 0.0993. The Bertz CT molecular complexity index is 1070. The summed E-state index contributed by atoms with van der Waals surface area (Å²) < 4.78 is 6.34. The fourth-order valence-corrected chi connectivity index (χ4v) is 4.33. The van der Waals surface area contributed by atoms with E-state index in [1.807, 2.05) is 36.4 Å². The van der Waals surface area contributed by atoms with Gasteiger partial charge in [0, 0.05) is 45.3 Å². The predicted octanol–water partition coefficient (Wildman–Crippen LogP) is 4.55. The SMILES string of the molecule is NC[C@@]1(c2ccccc2)Cc2c(ccc(Cl)c2-c2c(Cl)cccc2C(N)=O)O1. The van der Waals surface area contributed by atoms with Crippen molar-refractivity contribution in [1.29, 1.82) is 0 Å². The Labute approximate surface area is 173 Å². The lowest BCUT2D eigenvalue weighted by Crippen LogP contribution is -2.39. The molecular weight excluding hydrogens is 395 g/mol. The Morgan fingerprint density at radius 2 is 1.68 bits per heavy atom. The molecule has 4 rings (SSSR count). The predicted molar refractivity (Wildman–Crippen MR) is 112 cm³/mol. The number of halogens is 2. The van der Waals surface area contributed by atoms with Crippen molar-refractivity contribution in [3.8, 4) is 16.9 Å². The first-order chi connectivity index (χ1) is 13.5. The molecule has 0 unspecified atom stereocenters. The minimum absolute atomic E-state index is 0.286. The van der Waals surface area contributed by atoms with Crippen molar-refractivity contribution in [3.63, 3.8) is 0 Å². The van der Waals surface area contributed by atoms with E-state index in [9.17, 15) is 4.79 Å². The summed E-state index contributed by atoms with van der Waals surface area (Å²) in [4.78, 5) is 12.0. The molecule has 0 spiro atoms. The Morgan fingerprint density at radius 3 is 2.36 bits per heavy atom. The number of ether oxygens (including phenoxy) is 1. The molecule has 1 amide bonds. The van der Waals surface area contributed by atoms with Crippen LogP contribution in [0.2, 0.25) is 10.0 Å². The zero-order valence-electron chi connectivity index (χ0n) is 14.9. The Morgan fingerprint density at radius 1 is 0.964 bits per heavy atom. The zero-order valence-corrected chi connectivity index (χ0v) is 16.4. The topological polar surface area (TPSA) is 78.3 Å². The molecule has 0 saturated carbocycles. The highest BCUT2D eigenvalue weighted by Gasteiger charge is 2.42. The average molecular weight is 413 g/mol. The first-order valence-corrected chi connectivity index (χ1v) is 9.57. The maximum Gasteiger partial charge on any atom is 0.249 e. The molecule has 0 radical (unpaired) electrons. The number of rotatable bonds is 4. The molecule has 1 aliphatic rings. The smallest absolute Gasteiger partial charge is 0.249 e. The lowest BCUT2D eigenvalue weighted by Gasteiger charge is -2.27. The number of nitrogens with two attached hydrogens (primary N) is 2. The van der Waals surface area contributed by atoms with Crippen molar-refractivity contribution >= 4 is 29.1 Å². The molecule has 28 heavy (non-hydrogen) atoms. The number of amides is 1. The van der Waals surface area contributed by atoms with Crippen molar-refractivity contribution in [1.82, 2.24) is 0 Å². The molecule has 1 atom stereocenters. The summed E-state index contributed by atoms with van der Waals surface area (Å²) in [7, 11) is 0. The minimum atomic E-state index is -0.711. The van der Waals surface area contributed by atoms with Crippen LogP contribution in [-0.2, 0) is 12.0 Å². The minimum Gasteiger partial charge on any atom is -0.481 e. The van der Waals surface area contributed by atoms with Crippen LogP contribution in [0.15, 0.2) is 60.7 Å². The van der Waals surface area contributed by atoms with Gasteiger partial charge in [-0.3, -0.25) is 4.79 Å². The lowest BCUT2D eigenvalue weighted by atomic mass is 9.85. The summed E-state index contributed by atoms with van der Waals surface area (Å²) >= 11 is 13.0. The standard InChI is InChI=1S/C22H18Cl2N2O2/c23-16-8-4-7-14(21(26)27)19(16)20-15-11-22(12-25,13-5-2-1-3-6-13)28-18(15)10-9-17(20)24/h1-10H,11-12,25H2,(H2,26,27)/t22-/m1/s1. The van der Waals surface area contributed by atoms with Crippen LogP contribution in [0.5, 0.6) is 5.75 Å².